The molecule has 0 amide bonds. The van der Waals surface area contributed by atoms with Crippen LogP contribution in [0.4, 0.5) is 10.2 Å². The first-order chi connectivity index (χ1) is 8.84. The number of aromatic nitrogens is 3. The monoisotopic (exact) mass is 244 g/mol. The molecule has 3 heterocycles. The van der Waals surface area contributed by atoms with Crippen molar-refractivity contribution in [2.24, 2.45) is 0 Å². The molecule has 2 aromatic rings. The van der Waals surface area contributed by atoms with Crippen LogP contribution in [0.1, 0.15) is 12.8 Å². The van der Waals surface area contributed by atoms with Crippen molar-refractivity contribution in [2.45, 2.75) is 12.8 Å². The molecule has 0 saturated carbocycles. The highest BCUT2D eigenvalue weighted by molar-refractivity contribution is 5.56. The summed E-state index contributed by atoms with van der Waals surface area (Å²) in [5.74, 6) is 0.567. The van der Waals surface area contributed by atoms with Gasteiger partial charge in [-0.2, -0.15) is 0 Å². The van der Waals surface area contributed by atoms with E-state index in [-0.39, 0.29) is 5.82 Å². The van der Waals surface area contributed by atoms with Gasteiger partial charge in [-0.05, 0) is 25.0 Å². The number of hydrogen-bond donors (Lipinski definition) is 0. The fourth-order valence-electron chi connectivity index (χ4n) is 2.14. The molecule has 0 N–H and O–H groups in total. The van der Waals surface area contributed by atoms with Crippen LogP contribution in [-0.4, -0.2) is 28.0 Å². The van der Waals surface area contributed by atoms with Crippen molar-refractivity contribution in [3.8, 4) is 11.4 Å². The third-order valence-corrected chi connectivity index (χ3v) is 3.05. The second-order valence-corrected chi connectivity index (χ2v) is 4.30. The molecule has 1 fully saturated rings. The maximum atomic E-state index is 13.8. The first-order valence-corrected chi connectivity index (χ1v) is 6.02. The highest BCUT2D eigenvalue weighted by Crippen LogP contribution is 2.23. The number of nitrogens with zero attached hydrogens (tertiary/aromatic N) is 4. The van der Waals surface area contributed by atoms with E-state index in [1.807, 2.05) is 17.0 Å². The minimum atomic E-state index is -0.357. The van der Waals surface area contributed by atoms with Crippen molar-refractivity contribution in [3.63, 3.8) is 0 Å². The third kappa shape index (κ3) is 2.03. The Morgan fingerprint density at radius 1 is 1.17 bits per heavy atom. The molecule has 1 aliphatic rings. The van der Waals surface area contributed by atoms with Crippen LogP contribution < -0.4 is 4.90 Å². The van der Waals surface area contributed by atoms with Crippen molar-refractivity contribution in [3.05, 3.63) is 36.5 Å². The quantitative estimate of drug-likeness (QED) is 0.812. The van der Waals surface area contributed by atoms with Gasteiger partial charge in [0.25, 0.3) is 0 Å². The Bertz CT molecular complexity index is 538. The Kier molecular flexibility index (Phi) is 2.88. The topological polar surface area (TPSA) is 41.9 Å². The van der Waals surface area contributed by atoms with Gasteiger partial charge in [-0.1, -0.05) is 0 Å². The molecule has 0 bridgehead atoms. The van der Waals surface area contributed by atoms with E-state index in [1.54, 1.807) is 12.4 Å². The Morgan fingerprint density at radius 3 is 2.72 bits per heavy atom. The normalized spacial score (nSPS) is 15.1. The smallest absolute Gasteiger partial charge is 0.183 e. The van der Waals surface area contributed by atoms with E-state index in [1.165, 1.54) is 6.20 Å². The maximum Gasteiger partial charge on any atom is 0.183 e. The number of pyridine rings is 1. The van der Waals surface area contributed by atoms with Gasteiger partial charge in [-0.25, -0.2) is 14.4 Å². The number of rotatable bonds is 2. The zero-order valence-corrected chi connectivity index (χ0v) is 9.88. The lowest BCUT2D eigenvalue weighted by Crippen LogP contribution is -2.21. The fraction of sp³-hybridized carbons (Fsp3) is 0.308. The number of hydrogen-bond acceptors (Lipinski definition) is 4. The first-order valence-electron chi connectivity index (χ1n) is 6.02. The Balaban J connectivity index is 2.00. The summed E-state index contributed by atoms with van der Waals surface area (Å²) in [6.07, 6.45) is 6.79. The minimum Gasteiger partial charge on any atom is -0.354 e. The van der Waals surface area contributed by atoms with E-state index < -0.39 is 0 Å². The molecule has 0 atom stereocenters. The molecule has 5 heteroatoms. The molecule has 0 aliphatic carbocycles. The van der Waals surface area contributed by atoms with Gasteiger partial charge in [0.1, 0.15) is 0 Å². The van der Waals surface area contributed by atoms with Gasteiger partial charge < -0.3 is 4.90 Å². The first kappa shape index (κ1) is 11.1. The molecule has 3 rings (SSSR count). The van der Waals surface area contributed by atoms with Crippen molar-refractivity contribution in [2.75, 3.05) is 18.0 Å². The molecule has 18 heavy (non-hydrogen) atoms. The van der Waals surface area contributed by atoms with E-state index in [9.17, 15) is 4.39 Å². The van der Waals surface area contributed by atoms with Crippen LogP contribution in [-0.2, 0) is 0 Å². The summed E-state index contributed by atoms with van der Waals surface area (Å²) in [5, 5.41) is 0. The molecule has 0 aromatic carbocycles. The predicted octanol–water partition coefficient (Wildman–Crippen LogP) is 2.28. The van der Waals surface area contributed by atoms with E-state index in [0.717, 1.165) is 31.5 Å². The lowest BCUT2D eigenvalue weighted by molar-refractivity contribution is 0.609. The summed E-state index contributed by atoms with van der Waals surface area (Å²) in [4.78, 5) is 14.3. The summed E-state index contributed by atoms with van der Waals surface area (Å²) < 4.78 is 13.8. The molecule has 0 spiro atoms. The number of halogens is 1. The van der Waals surface area contributed by atoms with Gasteiger partial charge in [-0.15, -0.1) is 0 Å². The molecule has 1 aliphatic heterocycles. The lowest BCUT2D eigenvalue weighted by atomic mass is 10.2. The van der Waals surface area contributed by atoms with E-state index in [0.29, 0.717) is 11.6 Å². The van der Waals surface area contributed by atoms with Gasteiger partial charge >= 0.3 is 0 Å². The molecule has 1 saturated heterocycles. The summed E-state index contributed by atoms with van der Waals surface area (Å²) in [6, 6.07) is 3.69. The van der Waals surface area contributed by atoms with Gasteiger partial charge in [-0.3, -0.25) is 4.98 Å². The van der Waals surface area contributed by atoms with Crippen molar-refractivity contribution >= 4 is 5.82 Å². The Morgan fingerprint density at radius 2 is 2.00 bits per heavy atom. The number of anilines is 1. The molecule has 92 valence electrons. The molecule has 0 unspecified atom stereocenters. The SMILES string of the molecule is Fc1cnc(-c2cccnc2)nc1N1CCCC1. The maximum absolute atomic E-state index is 13.8. The van der Waals surface area contributed by atoms with Gasteiger partial charge in [0.2, 0.25) is 0 Å². The van der Waals surface area contributed by atoms with Crippen LogP contribution in [0.25, 0.3) is 11.4 Å². The van der Waals surface area contributed by atoms with E-state index in [4.69, 9.17) is 0 Å². The largest absolute Gasteiger partial charge is 0.354 e. The van der Waals surface area contributed by atoms with E-state index >= 15 is 0 Å². The average Bonchev–Trinajstić information content (AvgIpc) is 2.94. The van der Waals surface area contributed by atoms with E-state index in [2.05, 4.69) is 15.0 Å². The fourth-order valence-corrected chi connectivity index (χ4v) is 2.14. The van der Waals surface area contributed by atoms with Crippen molar-refractivity contribution in [1.29, 1.82) is 0 Å². The average molecular weight is 244 g/mol. The highest BCUT2D eigenvalue weighted by atomic mass is 19.1. The van der Waals surface area contributed by atoms with Crippen LogP contribution in [0, 0.1) is 5.82 Å². The van der Waals surface area contributed by atoms with Gasteiger partial charge in [0.15, 0.2) is 17.5 Å². The van der Waals surface area contributed by atoms with Crippen LogP contribution in [0.5, 0.6) is 0 Å². The molecule has 2 aromatic heterocycles. The predicted molar refractivity (Wildman–Crippen MR) is 66.7 cm³/mol. The molecule has 0 radical (unpaired) electrons. The standard InChI is InChI=1S/C13H13FN4/c14-11-9-16-12(10-4-3-5-15-8-10)17-13(11)18-6-1-2-7-18/h3-5,8-9H,1-2,6-7H2. The zero-order chi connectivity index (χ0) is 12.4. The van der Waals surface area contributed by atoms with Crippen LogP contribution >= 0.6 is 0 Å². The minimum absolute atomic E-state index is 0.357. The highest BCUT2D eigenvalue weighted by Gasteiger charge is 2.18. The summed E-state index contributed by atoms with van der Waals surface area (Å²) in [6.45, 7) is 1.72. The third-order valence-electron chi connectivity index (χ3n) is 3.05. The summed E-state index contributed by atoms with van der Waals surface area (Å²) >= 11 is 0. The van der Waals surface area contributed by atoms with Crippen molar-refractivity contribution in [1.82, 2.24) is 15.0 Å². The molecule has 4 nitrogen and oxygen atoms in total. The van der Waals surface area contributed by atoms with Gasteiger partial charge in [0, 0.05) is 31.0 Å². The lowest BCUT2D eigenvalue weighted by Gasteiger charge is -2.17. The summed E-state index contributed by atoms with van der Waals surface area (Å²) in [7, 11) is 0. The van der Waals surface area contributed by atoms with Gasteiger partial charge in [0.05, 0.1) is 6.20 Å². The molecular formula is C13H13FN4. The van der Waals surface area contributed by atoms with Crippen LogP contribution in [0.3, 0.4) is 0 Å². The van der Waals surface area contributed by atoms with Crippen LogP contribution in [0.15, 0.2) is 30.7 Å². The Hall–Kier alpha value is -2.04. The zero-order valence-electron chi connectivity index (χ0n) is 9.88. The second kappa shape index (κ2) is 4.68. The Labute approximate surface area is 105 Å². The summed E-state index contributed by atoms with van der Waals surface area (Å²) in [5.41, 5.74) is 0.804. The van der Waals surface area contributed by atoms with Crippen molar-refractivity contribution < 1.29 is 4.39 Å². The van der Waals surface area contributed by atoms with Crippen LogP contribution in [0.2, 0.25) is 0 Å². The second-order valence-electron chi connectivity index (χ2n) is 4.30. The molecular weight excluding hydrogens is 231 g/mol.